The Morgan fingerprint density at radius 1 is 0.875 bits per heavy atom. The molecule has 0 saturated heterocycles. The van der Waals surface area contributed by atoms with Gasteiger partial charge in [0.15, 0.2) is 0 Å². The fraction of sp³-hybridized carbons (Fsp3) is 0.778. The van der Waals surface area contributed by atoms with E-state index in [-0.39, 0.29) is 6.42 Å². The van der Waals surface area contributed by atoms with Crippen LogP contribution < -0.4 is 0 Å². The van der Waals surface area contributed by atoms with Crippen molar-refractivity contribution in [3.8, 4) is 0 Å². The highest BCUT2D eigenvalue weighted by Crippen LogP contribution is 2.47. The summed E-state index contributed by atoms with van der Waals surface area (Å²) in [6.07, 6.45) is -10.9. The van der Waals surface area contributed by atoms with Crippen LogP contribution in [0.15, 0.2) is 12.2 Å². The van der Waals surface area contributed by atoms with Crippen molar-refractivity contribution >= 4 is 0 Å². The highest BCUT2D eigenvalue weighted by molar-refractivity contribution is 5.10. The van der Waals surface area contributed by atoms with Gasteiger partial charge >= 0.3 is 18.0 Å². The Bertz CT molecular complexity index is 221. The van der Waals surface area contributed by atoms with Gasteiger partial charge in [0.25, 0.3) is 0 Å². The van der Waals surface area contributed by atoms with Gasteiger partial charge in [-0.2, -0.15) is 26.3 Å². The van der Waals surface area contributed by atoms with E-state index < -0.39 is 24.1 Å². The van der Waals surface area contributed by atoms with Crippen LogP contribution in [0.4, 0.5) is 30.7 Å². The number of rotatable bonds is 4. The maximum Gasteiger partial charge on any atom is 0.435 e. The first-order valence-corrected chi connectivity index (χ1v) is 4.56. The number of hydrogen-bond acceptors (Lipinski definition) is 0. The molecule has 0 heterocycles. The van der Waals surface area contributed by atoms with E-state index in [0.29, 0.717) is 18.9 Å². The van der Waals surface area contributed by atoms with Crippen molar-refractivity contribution in [1.82, 2.24) is 0 Å². The standard InChI is InChI=1S/C9H11F7/c1-2-3-4-5-6-7(10,8(11,12)13)9(14,15)16/h5-6H,2-4H2,1H3. The highest BCUT2D eigenvalue weighted by atomic mass is 19.4. The molecule has 0 aliphatic rings. The summed E-state index contributed by atoms with van der Waals surface area (Å²) in [5.41, 5.74) is -5.26. The van der Waals surface area contributed by atoms with Crippen molar-refractivity contribution < 1.29 is 30.7 Å². The lowest BCUT2D eigenvalue weighted by Crippen LogP contribution is -2.51. The van der Waals surface area contributed by atoms with Crippen LogP contribution in [-0.4, -0.2) is 18.0 Å². The molecule has 0 saturated carbocycles. The minimum Gasteiger partial charge on any atom is -0.219 e. The molecule has 0 radical (unpaired) electrons. The first kappa shape index (κ1) is 15.2. The molecule has 0 aromatic rings. The summed E-state index contributed by atoms with van der Waals surface area (Å²) >= 11 is 0. The third kappa shape index (κ3) is 3.38. The van der Waals surface area contributed by atoms with Crippen LogP contribution in [0.2, 0.25) is 0 Å². The molecule has 0 spiro atoms. The van der Waals surface area contributed by atoms with E-state index in [0.717, 1.165) is 0 Å². The molecular formula is C9H11F7. The normalized spacial score (nSPS) is 14.8. The number of hydrogen-bond donors (Lipinski definition) is 0. The van der Waals surface area contributed by atoms with E-state index in [1.54, 1.807) is 6.92 Å². The van der Waals surface area contributed by atoms with Crippen LogP contribution in [0.5, 0.6) is 0 Å². The minimum absolute atomic E-state index is 0.0195. The van der Waals surface area contributed by atoms with Crippen LogP contribution >= 0.6 is 0 Å². The second-order valence-electron chi connectivity index (χ2n) is 3.25. The Balaban J connectivity index is 4.91. The van der Waals surface area contributed by atoms with E-state index in [4.69, 9.17) is 0 Å². The van der Waals surface area contributed by atoms with Crippen molar-refractivity contribution in [2.45, 2.75) is 44.2 Å². The summed E-state index contributed by atoms with van der Waals surface area (Å²) in [5.74, 6) is 0. The predicted molar refractivity (Wildman–Crippen MR) is 44.6 cm³/mol. The summed E-state index contributed by atoms with van der Waals surface area (Å²) in [5, 5.41) is 0. The Morgan fingerprint density at radius 3 is 1.62 bits per heavy atom. The molecule has 0 unspecified atom stereocenters. The lowest BCUT2D eigenvalue weighted by molar-refractivity contribution is -0.322. The van der Waals surface area contributed by atoms with Gasteiger partial charge in [-0.1, -0.05) is 25.8 Å². The molecule has 0 fully saturated rings. The predicted octanol–water partition coefficient (Wildman–Crippen LogP) is 4.57. The zero-order valence-electron chi connectivity index (χ0n) is 8.42. The topological polar surface area (TPSA) is 0 Å². The molecule has 7 heteroatoms. The molecule has 0 aliphatic heterocycles. The third-order valence-corrected chi connectivity index (χ3v) is 1.90. The van der Waals surface area contributed by atoms with Crippen LogP contribution in [0.25, 0.3) is 0 Å². The van der Waals surface area contributed by atoms with Gasteiger partial charge in [-0.05, 0) is 12.5 Å². The zero-order valence-corrected chi connectivity index (χ0v) is 8.42. The Morgan fingerprint density at radius 2 is 1.31 bits per heavy atom. The van der Waals surface area contributed by atoms with Crippen molar-refractivity contribution in [3.63, 3.8) is 0 Å². The molecule has 0 bridgehead atoms. The van der Waals surface area contributed by atoms with E-state index >= 15 is 0 Å². The first-order chi connectivity index (χ1) is 7.06. The van der Waals surface area contributed by atoms with E-state index in [2.05, 4.69) is 0 Å². The number of halogens is 7. The monoisotopic (exact) mass is 252 g/mol. The minimum atomic E-state index is -5.99. The summed E-state index contributed by atoms with van der Waals surface area (Å²) in [6.45, 7) is 1.71. The molecule has 96 valence electrons. The SMILES string of the molecule is CCCCC=CC(F)(C(F)(F)F)C(F)(F)F. The first-order valence-electron chi connectivity index (χ1n) is 4.56. The number of unbranched alkanes of at least 4 members (excludes halogenated alkanes) is 2. The summed E-state index contributed by atoms with van der Waals surface area (Å²) in [7, 11) is 0. The van der Waals surface area contributed by atoms with Gasteiger partial charge in [0, 0.05) is 0 Å². The third-order valence-electron chi connectivity index (χ3n) is 1.90. The van der Waals surface area contributed by atoms with Gasteiger partial charge < -0.3 is 0 Å². The molecule has 0 aromatic carbocycles. The fourth-order valence-corrected chi connectivity index (χ4v) is 0.917. The van der Waals surface area contributed by atoms with Gasteiger partial charge in [0.2, 0.25) is 0 Å². The highest BCUT2D eigenvalue weighted by Gasteiger charge is 2.70. The molecule has 16 heavy (non-hydrogen) atoms. The smallest absolute Gasteiger partial charge is 0.219 e. The average Bonchev–Trinajstić information content (AvgIpc) is 2.08. The average molecular weight is 252 g/mol. The number of alkyl halides is 7. The molecule has 0 rings (SSSR count). The van der Waals surface area contributed by atoms with Crippen LogP contribution in [0, 0.1) is 0 Å². The maximum atomic E-state index is 12.9. The molecule has 0 aromatic heterocycles. The van der Waals surface area contributed by atoms with E-state index in [9.17, 15) is 30.7 Å². The van der Waals surface area contributed by atoms with Crippen molar-refractivity contribution in [1.29, 1.82) is 0 Å². The molecule has 0 N–H and O–H groups in total. The lowest BCUT2D eigenvalue weighted by Gasteiger charge is -2.26. The van der Waals surface area contributed by atoms with E-state index in [1.165, 1.54) is 0 Å². The largest absolute Gasteiger partial charge is 0.435 e. The molecular weight excluding hydrogens is 241 g/mol. The second-order valence-corrected chi connectivity index (χ2v) is 3.25. The fourth-order valence-electron chi connectivity index (χ4n) is 0.917. The molecule has 0 amide bonds. The summed E-state index contributed by atoms with van der Waals surface area (Å²) in [4.78, 5) is 0. The second kappa shape index (κ2) is 5.05. The van der Waals surface area contributed by atoms with E-state index in [1.807, 2.05) is 0 Å². The van der Waals surface area contributed by atoms with Crippen LogP contribution in [0.1, 0.15) is 26.2 Å². The van der Waals surface area contributed by atoms with Crippen molar-refractivity contribution in [2.24, 2.45) is 0 Å². The van der Waals surface area contributed by atoms with Crippen molar-refractivity contribution in [2.75, 3.05) is 0 Å². The summed E-state index contributed by atoms with van der Waals surface area (Å²) in [6, 6.07) is 0. The van der Waals surface area contributed by atoms with Crippen LogP contribution in [0.3, 0.4) is 0 Å². The quantitative estimate of drug-likeness (QED) is 0.390. The molecule has 0 aliphatic carbocycles. The van der Waals surface area contributed by atoms with Gasteiger partial charge in [0.1, 0.15) is 0 Å². The van der Waals surface area contributed by atoms with Crippen LogP contribution in [-0.2, 0) is 0 Å². The summed E-state index contributed by atoms with van der Waals surface area (Å²) < 4.78 is 84.7. The lowest BCUT2D eigenvalue weighted by atomic mass is 10.0. The maximum absolute atomic E-state index is 12.9. The molecule has 0 nitrogen and oxygen atoms in total. The van der Waals surface area contributed by atoms with Gasteiger partial charge in [-0.3, -0.25) is 0 Å². The Labute approximate surface area is 88.1 Å². The molecule has 0 atom stereocenters. The Kier molecular flexibility index (Phi) is 4.82. The van der Waals surface area contributed by atoms with Gasteiger partial charge in [-0.25, -0.2) is 4.39 Å². The zero-order chi connectivity index (χ0) is 13.0. The van der Waals surface area contributed by atoms with Crippen molar-refractivity contribution in [3.05, 3.63) is 12.2 Å². The van der Waals surface area contributed by atoms with Gasteiger partial charge in [0.05, 0.1) is 0 Å². The number of allylic oxidation sites excluding steroid dienone is 2. The Hall–Kier alpha value is -0.750. The van der Waals surface area contributed by atoms with Gasteiger partial charge in [-0.15, -0.1) is 0 Å².